The van der Waals surface area contributed by atoms with Crippen molar-refractivity contribution in [1.82, 2.24) is 4.98 Å². The molecule has 0 amide bonds. The van der Waals surface area contributed by atoms with Crippen LogP contribution >= 0.6 is 0 Å². The van der Waals surface area contributed by atoms with Gasteiger partial charge in [0, 0.05) is 5.32 Å². The Morgan fingerprint density at radius 1 is 1.27 bits per heavy atom. The van der Waals surface area contributed by atoms with Crippen LogP contribution in [0, 0.1) is 0 Å². The maximum atomic E-state index is 8.98. The lowest BCUT2D eigenvalue weighted by Gasteiger charge is -2.14. The Kier molecular flexibility index (Phi) is 2.00. The molecule has 0 atom stereocenters. The number of pyridine rings is 1. The molecule has 0 radical (unpaired) electrons. The summed E-state index contributed by atoms with van der Waals surface area (Å²) >= 11 is 0. The van der Waals surface area contributed by atoms with Crippen molar-refractivity contribution < 1.29 is 5.11 Å². The van der Waals surface area contributed by atoms with Crippen molar-refractivity contribution in [3.63, 3.8) is 0 Å². The van der Waals surface area contributed by atoms with E-state index in [0.717, 1.165) is 5.32 Å². The number of hydrogen-bond donors (Lipinski definition) is 1. The third-order valence-corrected chi connectivity index (χ3v) is 3.35. The number of nitrogens with zero attached hydrogens (tertiary/aromatic N) is 1. The molecule has 0 fully saturated rings. The molecule has 60 valence electrons. The second-order valence-electron chi connectivity index (χ2n) is 3.65. The minimum atomic E-state index is -1.28. The van der Waals surface area contributed by atoms with E-state index in [1.54, 1.807) is 6.07 Å². The van der Waals surface area contributed by atoms with E-state index < -0.39 is 8.07 Å². The van der Waals surface area contributed by atoms with Crippen molar-refractivity contribution >= 4 is 13.4 Å². The maximum absolute atomic E-state index is 8.98. The molecule has 0 saturated carbocycles. The van der Waals surface area contributed by atoms with Crippen LogP contribution in [0.15, 0.2) is 18.3 Å². The smallest absolute Gasteiger partial charge is 0.133 e. The van der Waals surface area contributed by atoms with E-state index in [1.165, 1.54) is 6.20 Å². The predicted molar refractivity (Wildman–Crippen MR) is 48.9 cm³/mol. The van der Waals surface area contributed by atoms with Crippen molar-refractivity contribution in [2.75, 3.05) is 0 Å². The summed E-state index contributed by atoms with van der Waals surface area (Å²) in [5.74, 6) is 0.243. The molecule has 0 aliphatic heterocycles. The second kappa shape index (κ2) is 2.66. The zero-order chi connectivity index (χ0) is 8.48. The molecule has 0 unspecified atom stereocenters. The zero-order valence-electron chi connectivity index (χ0n) is 7.13. The molecule has 0 aliphatic carbocycles. The van der Waals surface area contributed by atoms with Gasteiger partial charge in [0.05, 0.1) is 6.20 Å². The summed E-state index contributed by atoms with van der Waals surface area (Å²) in [7, 11) is -1.28. The molecule has 1 aromatic heterocycles. The number of aromatic hydroxyl groups is 1. The van der Waals surface area contributed by atoms with Crippen LogP contribution in [0.4, 0.5) is 0 Å². The average molecular weight is 167 g/mol. The van der Waals surface area contributed by atoms with Gasteiger partial charge in [-0.1, -0.05) is 19.6 Å². The highest BCUT2D eigenvalue weighted by Gasteiger charge is 2.17. The molecular formula is C8H13NOSi. The summed E-state index contributed by atoms with van der Waals surface area (Å²) in [6.07, 6.45) is 1.51. The van der Waals surface area contributed by atoms with E-state index in [9.17, 15) is 0 Å². The van der Waals surface area contributed by atoms with Crippen LogP contribution < -0.4 is 5.32 Å². The van der Waals surface area contributed by atoms with E-state index in [2.05, 4.69) is 24.6 Å². The molecule has 0 aliphatic rings. The Morgan fingerprint density at radius 3 is 2.27 bits per heavy atom. The summed E-state index contributed by atoms with van der Waals surface area (Å²) < 4.78 is 0. The summed E-state index contributed by atoms with van der Waals surface area (Å²) in [5.41, 5.74) is 0. The summed E-state index contributed by atoms with van der Waals surface area (Å²) in [5, 5.41) is 10.1. The Morgan fingerprint density at radius 2 is 1.91 bits per heavy atom. The Hall–Kier alpha value is -0.833. The number of aromatic nitrogens is 1. The van der Waals surface area contributed by atoms with Gasteiger partial charge in [-0.15, -0.1) is 0 Å². The fourth-order valence-electron chi connectivity index (χ4n) is 0.830. The predicted octanol–water partition coefficient (Wildman–Crippen LogP) is 1.33. The van der Waals surface area contributed by atoms with E-state index >= 15 is 0 Å². The SMILES string of the molecule is C[Si](C)(C)c1ccc(O)cn1. The molecule has 1 N–H and O–H groups in total. The first-order valence-corrected chi connectivity index (χ1v) is 7.15. The van der Waals surface area contributed by atoms with Crippen molar-refractivity contribution in [1.29, 1.82) is 0 Å². The first kappa shape index (κ1) is 8.27. The number of hydrogen-bond acceptors (Lipinski definition) is 2. The van der Waals surface area contributed by atoms with Gasteiger partial charge >= 0.3 is 0 Å². The average Bonchev–Trinajstić information content (AvgIpc) is 1.86. The fraction of sp³-hybridized carbons (Fsp3) is 0.375. The molecule has 1 aromatic rings. The lowest BCUT2D eigenvalue weighted by molar-refractivity contribution is 0.473. The monoisotopic (exact) mass is 167 g/mol. The summed E-state index contributed by atoms with van der Waals surface area (Å²) in [6.45, 7) is 6.69. The molecule has 0 spiro atoms. The third kappa shape index (κ3) is 2.05. The topological polar surface area (TPSA) is 33.1 Å². The summed E-state index contributed by atoms with van der Waals surface area (Å²) in [6, 6.07) is 3.60. The van der Waals surface area contributed by atoms with Gasteiger partial charge in [0.2, 0.25) is 0 Å². The molecule has 2 nitrogen and oxygen atoms in total. The molecule has 0 saturated heterocycles. The van der Waals surface area contributed by atoms with Crippen molar-refractivity contribution in [3.05, 3.63) is 18.3 Å². The standard InChI is InChI=1S/C8H13NOSi/c1-11(2,3)8-5-4-7(10)6-9-8/h4-6,10H,1-3H3. The minimum Gasteiger partial charge on any atom is -0.506 e. The van der Waals surface area contributed by atoms with Crippen molar-refractivity contribution in [3.8, 4) is 5.75 Å². The van der Waals surface area contributed by atoms with Crippen LogP contribution in [-0.2, 0) is 0 Å². The Balaban J connectivity index is 2.99. The quantitative estimate of drug-likeness (QED) is 0.640. The van der Waals surface area contributed by atoms with Gasteiger partial charge in [-0.3, -0.25) is 4.98 Å². The van der Waals surface area contributed by atoms with Gasteiger partial charge in [-0.25, -0.2) is 0 Å². The highest BCUT2D eigenvalue weighted by Crippen LogP contribution is 2.05. The van der Waals surface area contributed by atoms with Gasteiger partial charge in [0.25, 0.3) is 0 Å². The van der Waals surface area contributed by atoms with Gasteiger partial charge in [-0.2, -0.15) is 0 Å². The van der Waals surface area contributed by atoms with Crippen LogP contribution in [0.1, 0.15) is 0 Å². The Bertz CT molecular complexity index is 237. The minimum absolute atomic E-state index is 0.243. The normalized spacial score (nSPS) is 11.5. The molecule has 0 aromatic carbocycles. The molecule has 3 heteroatoms. The molecule has 0 bridgehead atoms. The fourth-order valence-corrected chi connectivity index (χ4v) is 1.86. The van der Waals surface area contributed by atoms with E-state index in [-0.39, 0.29) is 5.75 Å². The molecule has 11 heavy (non-hydrogen) atoms. The van der Waals surface area contributed by atoms with Crippen LogP contribution in [-0.4, -0.2) is 18.2 Å². The third-order valence-electron chi connectivity index (χ3n) is 1.52. The van der Waals surface area contributed by atoms with Crippen LogP contribution in [0.2, 0.25) is 19.6 Å². The van der Waals surface area contributed by atoms with Crippen molar-refractivity contribution in [2.45, 2.75) is 19.6 Å². The van der Waals surface area contributed by atoms with Crippen molar-refractivity contribution in [2.24, 2.45) is 0 Å². The highest BCUT2D eigenvalue weighted by atomic mass is 28.3. The largest absolute Gasteiger partial charge is 0.506 e. The zero-order valence-corrected chi connectivity index (χ0v) is 8.13. The summed E-state index contributed by atoms with van der Waals surface area (Å²) in [4.78, 5) is 4.16. The van der Waals surface area contributed by atoms with E-state index in [1.807, 2.05) is 6.07 Å². The van der Waals surface area contributed by atoms with Crippen LogP contribution in [0.5, 0.6) is 5.75 Å². The highest BCUT2D eigenvalue weighted by molar-refractivity contribution is 6.88. The van der Waals surface area contributed by atoms with E-state index in [4.69, 9.17) is 5.11 Å². The molecule has 1 rings (SSSR count). The van der Waals surface area contributed by atoms with Crippen LogP contribution in [0.3, 0.4) is 0 Å². The number of rotatable bonds is 1. The van der Waals surface area contributed by atoms with Gasteiger partial charge < -0.3 is 5.11 Å². The maximum Gasteiger partial charge on any atom is 0.133 e. The van der Waals surface area contributed by atoms with Gasteiger partial charge in [-0.05, 0) is 12.1 Å². The van der Waals surface area contributed by atoms with Gasteiger partial charge in [0.1, 0.15) is 13.8 Å². The second-order valence-corrected chi connectivity index (χ2v) is 8.66. The van der Waals surface area contributed by atoms with Gasteiger partial charge in [0.15, 0.2) is 0 Å². The molecular weight excluding hydrogens is 154 g/mol. The Labute approximate surface area is 67.9 Å². The molecule has 1 heterocycles. The first-order valence-electron chi connectivity index (χ1n) is 3.65. The van der Waals surface area contributed by atoms with E-state index in [0.29, 0.717) is 0 Å². The lowest BCUT2D eigenvalue weighted by Crippen LogP contribution is -2.39. The lowest BCUT2D eigenvalue weighted by atomic mass is 10.5. The van der Waals surface area contributed by atoms with Crippen LogP contribution in [0.25, 0.3) is 0 Å². The first-order chi connectivity index (χ1) is 5.00.